The second-order valence-corrected chi connectivity index (χ2v) is 7.22. The Morgan fingerprint density at radius 2 is 2.17 bits per heavy atom. The number of carbonyl (C=O) groups excluding carboxylic acids is 1. The van der Waals surface area contributed by atoms with Gasteiger partial charge in [-0.3, -0.25) is 9.78 Å². The average Bonchev–Trinajstić information content (AvgIpc) is 2.72. The first-order valence-electron chi connectivity index (χ1n) is 9.57. The van der Waals surface area contributed by atoms with Gasteiger partial charge in [-0.2, -0.15) is 0 Å². The number of ether oxygens (including phenoxy) is 1. The molecule has 152 valence electrons. The summed E-state index contributed by atoms with van der Waals surface area (Å²) >= 11 is 6.39. The number of aromatic nitrogens is 1. The molecule has 0 saturated heterocycles. The summed E-state index contributed by atoms with van der Waals surface area (Å²) in [5, 5.41) is 3.94. The Morgan fingerprint density at radius 3 is 2.90 bits per heavy atom. The van der Waals surface area contributed by atoms with E-state index < -0.39 is 11.7 Å². The molecule has 0 bridgehead atoms. The van der Waals surface area contributed by atoms with Crippen molar-refractivity contribution in [3.8, 4) is 5.75 Å². The predicted octanol–water partition coefficient (Wildman–Crippen LogP) is 4.27. The minimum Gasteiger partial charge on any atom is -0.479 e. The predicted molar refractivity (Wildman–Crippen MR) is 112 cm³/mol. The van der Waals surface area contributed by atoms with E-state index in [1.165, 1.54) is 6.07 Å². The zero-order valence-corrected chi connectivity index (χ0v) is 17.2. The molecule has 2 heterocycles. The molecule has 3 rings (SSSR count). The fraction of sp³-hybridized carbons (Fsp3) is 0.318. The number of amides is 1. The van der Waals surface area contributed by atoms with Gasteiger partial charge in [-0.15, -0.1) is 0 Å². The summed E-state index contributed by atoms with van der Waals surface area (Å²) in [7, 11) is 0. The third kappa shape index (κ3) is 5.35. The van der Waals surface area contributed by atoms with Gasteiger partial charge >= 0.3 is 5.63 Å². The lowest BCUT2D eigenvalue weighted by molar-refractivity contribution is -0.127. The summed E-state index contributed by atoms with van der Waals surface area (Å²) in [4.78, 5) is 28.3. The van der Waals surface area contributed by atoms with Crippen LogP contribution in [-0.4, -0.2) is 17.0 Å². The molecule has 0 saturated carbocycles. The number of hydrogen-bond donors (Lipinski definition) is 1. The third-order valence-electron chi connectivity index (χ3n) is 4.54. The monoisotopic (exact) mass is 414 g/mol. The molecule has 29 heavy (non-hydrogen) atoms. The van der Waals surface area contributed by atoms with Gasteiger partial charge in [-0.1, -0.05) is 31.0 Å². The fourth-order valence-corrected chi connectivity index (χ4v) is 3.18. The third-order valence-corrected chi connectivity index (χ3v) is 4.84. The molecule has 0 aliphatic carbocycles. The first-order chi connectivity index (χ1) is 14.0. The number of pyridine rings is 1. The van der Waals surface area contributed by atoms with Crippen molar-refractivity contribution in [2.24, 2.45) is 0 Å². The summed E-state index contributed by atoms with van der Waals surface area (Å²) < 4.78 is 11.1. The van der Waals surface area contributed by atoms with Gasteiger partial charge in [0.25, 0.3) is 5.91 Å². The highest BCUT2D eigenvalue weighted by Crippen LogP contribution is 2.32. The maximum Gasteiger partial charge on any atom is 0.336 e. The largest absolute Gasteiger partial charge is 0.479 e. The van der Waals surface area contributed by atoms with Crippen molar-refractivity contribution in [2.75, 3.05) is 0 Å². The van der Waals surface area contributed by atoms with Crippen LogP contribution in [-0.2, 0) is 17.8 Å². The molecular formula is C22H23ClN2O4. The Balaban J connectivity index is 1.76. The molecule has 0 radical (unpaired) electrons. The summed E-state index contributed by atoms with van der Waals surface area (Å²) in [6, 6.07) is 8.47. The Kier molecular flexibility index (Phi) is 6.88. The molecule has 0 spiro atoms. The molecule has 7 heteroatoms. The zero-order valence-electron chi connectivity index (χ0n) is 16.4. The molecule has 6 nitrogen and oxygen atoms in total. The molecule has 1 amide bonds. The number of fused-ring (bicyclic) bond motifs is 1. The molecule has 0 aliphatic heterocycles. The number of aryl methyl sites for hydroxylation is 1. The van der Waals surface area contributed by atoms with Crippen LogP contribution in [0.25, 0.3) is 11.0 Å². The van der Waals surface area contributed by atoms with E-state index in [4.69, 9.17) is 20.8 Å². The van der Waals surface area contributed by atoms with Crippen molar-refractivity contribution in [3.63, 3.8) is 0 Å². The Hall–Kier alpha value is -2.86. The van der Waals surface area contributed by atoms with Crippen LogP contribution in [0.15, 0.2) is 51.9 Å². The number of carbonyl (C=O) groups is 1. The van der Waals surface area contributed by atoms with Gasteiger partial charge < -0.3 is 14.5 Å². The molecule has 1 aromatic carbocycles. The van der Waals surface area contributed by atoms with Crippen LogP contribution in [0.4, 0.5) is 0 Å². The van der Waals surface area contributed by atoms with Gasteiger partial charge in [-0.05, 0) is 43.0 Å². The quantitative estimate of drug-likeness (QED) is 0.557. The molecule has 0 fully saturated rings. The Morgan fingerprint density at radius 1 is 1.34 bits per heavy atom. The number of nitrogens with zero attached hydrogens (tertiary/aromatic N) is 1. The maximum absolute atomic E-state index is 12.3. The van der Waals surface area contributed by atoms with E-state index >= 15 is 0 Å². The number of halogens is 1. The Bertz CT molecular complexity index is 1050. The molecule has 1 atom stereocenters. The standard InChI is InChI=1S/C22H23ClN2O4/c1-3-4-7-16-9-21(26)29-19-11-20(18(23)10-17(16)19)28-14(2)22(27)25-13-15-6-5-8-24-12-15/h5-6,8-12,14H,3-4,7,13H2,1-2H3,(H,25,27)/t14-/m1/s1. The average molecular weight is 415 g/mol. The van der Waals surface area contributed by atoms with Crippen LogP contribution >= 0.6 is 11.6 Å². The van der Waals surface area contributed by atoms with Crippen molar-refractivity contribution in [1.82, 2.24) is 10.3 Å². The van der Waals surface area contributed by atoms with Crippen molar-refractivity contribution in [1.29, 1.82) is 0 Å². The zero-order chi connectivity index (χ0) is 20.8. The number of nitrogens with one attached hydrogen (secondary N) is 1. The molecule has 1 N–H and O–H groups in total. The normalized spacial score (nSPS) is 12.0. The summed E-state index contributed by atoms with van der Waals surface area (Å²) in [6.07, 6.45) is 5.32. The lowest BCUT2D eigenvalue weighted by Gasteiger charge is -2.16. The molecular weight excluding hydrogens is 392 g/mol. The highest BCUT2D eigenvalue weighted by atomic mass is 35.5. The lowest BCUT2D eigenvalue weighted by Crippen LogP contribution is -2.36. The van der Waals surface area contributed by atoms with Crippen LogP contribution in [0.1, 0.15) is 37.8 Å². The van der Waals surface area contributed by atoms with E-state index in [0.29, 0.717) is 22.9 Å². The summed E-state index contributed by atoms with van der Waals surface area (Å²) in [6.45, 7) is 4.07. The van der Waals surface area contributed by atoms with E-state index in [0.717, 1.165) is 35.8 Å². The first kappa shape index (κ1) is 20.9. The van der Waals surface area contributed by atoms with Crippen molar-refractivity contribution < 1.29 is 13.9 Å². The van der Waals surface area contributed by atoms with Gasteiger partial charge in [0.2, 0.25) is 0 Å². The fourth-order valence-electron chi connectivity index (χ4n) is 2.97. The first-order valence-corrected chi connectivity index (χ1v) is 9.95. The van der Waals surface area contributed by atoms with Gasteiger partial charge in [0, 0.05) is 36.5 Å². The minimum atomic E-state index is -0.781. The van der Waals surface area contributed by atoms with Crippen LogP contribution in [0.3, 0.4) is 0 Å². The van der Waals surface area contributed by atoms with Crippen LogP contribution in [0.5, 0.6) is 5.75 Å². The second kappa shape index (κ2) is 9.56. The van der Waals surface area contributed by atoms with Gasteiger partial charge in [0.1, 0.15) is 11.3 Å². The molecule has 2 aromatic heterocycles. The number of benzene rings is 1. The van der Waals surface area contributed by atoms with E-state index in [2.05, 4.69) is 17.2 Å². The topological polar surface area (TPSA) is 81.4 Å². The Labute approximate surface area is 173 Å². The molecule has 0 unspecified atom stereocenters. The maximum atomic E-state index is 12.3. The van der Waals surface area contributed by atoms with Crippen LogP contribution < -0.4 is 15.7 Å². The van der Waals surface area contributed by atoms with E-state index in [1.807, 2.05) is 6.07 Å². The minimum absolute atomic E-state index is 0.289. The van der Waals surface area contributed by atoms with E-state index in [9.17, 15) is 9.59 Å². The van der Waals surface area contributed by atoms with Gasteiger partial charge in [-0.25, -0.2) is 4.79 Å². The lowest BCUT2D eigenvalue weighted by atomic mass is 10.0. The van der Waals surface area contributed by atoms with Crippen LogP contribution in [0.2, 0.25) is 5.02 Å². The van der Waals surface area contributed by atoms with E-state index in [1.54, 1.807) is 37.5 Å². The number of hydrogen-bond acceptors (Lipinski definition) is 5. The van der Waals surface area contributed by atoms with Crippen molar-refractivity contribution >= 4 is 28.5 Å². The highest BCUT2D eigenvalue weighted by molar-refractivity contribution is 6.32. The van der Waals surface area contributed by atoms with Crippen LogP contribution in [0, 0.1) is 0 Å². The van der Waals surface area contributed by atoms with Crippen molar-refractivity contribution in [3.05, 3.63) is 69.3 Å². The van der Waals surface area contributed by atoms with Gasteiger partial charge in [0.05, 0.1) is 5.02 Å². The number of unbranched alkanes of at least 4 members (excludes halogenated alkanes) is 1. The van der Waals surface area contributed by atoms with E-state index in [-0.39, 0.29) is 5.91 Å². The summed E-state index contributed by atoms with van der Waals surface area (Å²) in [5.74, 6) is 0.00199. The number of rotatable bonds is 8. The second-order valence-electron chi connectivity index (χ2n) is 6.81. The van der Waals surface area contributed by atoms with Crippen molar-refractivity contribution in [2.45, 2.75) is 45.8 Å². The SMILES string of the molecule is CCCCc1cc(=O)oc2cc(O[C@H](C)C(=O)NCc3cccnc3)c(Cl)cc12. The summed E-state index contributed by atoms with van der Waals surface area (Å²) in [5.41, 5.74) is 1.76. The van der Waals surface area contributed by atoms with Gasteiger partial charge in [0.15, 0.2) is 6.10 Å². The smallest absolute Gasteiger partial charge is 0.336 e. The molecule has 0 aliphatic rings. The molecule has 3 aromatic rings. The highest BCUT2D eigenvalue weighted by Gasteiger charge is 2.18.